The topological polar surface area (TPSA) is 36.7 Å². The lowest BCUT2D eigenvalue weighted by molar-refractivity contribution is 1.37. The van der Waals surface area contributed by atoms with E-state index in [2.05, 4.69) is 33.6 Å². The Bertz CT molecular complexity index is 890. The van der Waals surface area contributed by atoms with Crippen LogP contribution in [0.5, 0.6) is 0 Å². The van der Waals surface area contributed by atoms with Crippen LogP contribution in [0, 0.1) is 14.9 Å². The average Bonchev–Trinajstić information content (AvgIpc) is 3.05. The fraction of sp³-hybridized carbons (Fsp3) is 0. The third-order valence-corrected chi connectivity index (χ3v) is 5.02. The highest BCUT2D eigenvalue weighted by Crippen LogP contribution is 2.28. The maximum Gasteiger partial charge on any atom is 0.134 e. The zero-order valence-corrected chi connectivity index (χ0v) is 15.6. The van der Waals surface area contributed by atoms with Gasteiger partial charge in [0.2, 0.25) is 0 Å². The van der Waals surface area contributed by atoms with Gasteiger partial charge in [-0.3, -0.25) is 0 Å². The highest BCUT2D eigenvalue weighted by Gasteiger charge is 2.09. The number of hydrogen-bond donors (Lipinski definition) is 0. The van der Waals surface area contributed by atoms with Crippen molar-refractivity contribution in [2.24, 2.45) is 0 Å². The smallest absolute Gasteiger partial charge is 0.134 e. The molecule has 0 atom stereocenters. The second-order valence-electron chi connectivity index (χ2n) is 4.77. The first-order valence-electron chi connectivity index (χ1n) is 6.75. The molecule has 0 spiro atoms. The van der Waals surface area contributed by atoms with Gasteiger partial charge in [0.05, 0.1) is 11.3 Å². The fourth-order valence-corrected chi connectivity index (χ4v) is 3.30. The minimum Gasteiger partial charge on any atom is -0.235 e. The predicted molar refractivity (Wildman–Crippen MR) is 105 cm³/mol. The van der Waals surface area contributed by atoms with Crippen LogP contribution in [-0.2, 0) is 0 Å². The summed E-state index contributed by atoms with van der Waals surface area (Å²) < 4.78 is 1.16. The molecule has 2 nitrogen and oxygen atoms in total. The number of allylic oxidation sites excluding steroid dienone is 1. The normalized spacial score (nSPS) is 11.3. The molecule has 0 bridgehead atoms. The summed E-state index contributed by atoms with van der Waals surface area (Å²) in [5.74, 6) is 0. The Morgan fingerprint density at radius 2 is 1.83 bits per heavy atom. The summed E-state index contributed by atoms with van der Waals surface area (Å²) in [5.41, 5.74) is 3.40. The summed E-state index contributed by atoms with van der Waals surface area (Å²) in [7, 11) is 0. The molecule has 1 aromatic heterocycles. The molecule has 0 unspecified atom stereocenters. The molecule has 3 aromatic rings. The van der Waals surface area contributed by atoms with Crippen LogP contribution in [0.25, 0.3) is 22.9 Å². The Morgan fingerprint density at radius 1 is 1.13 bits per heavy atom. The number of aromatic nitrogens is 1. The second kappa shape index (κ2) is 7.26. The predicted octanol–water partition coefficient (Wildman–Crippen LogP) is 6.13. The number of thiazole rings is 1. The van der Waals surface area contributed by atoms with Crippen molar-refractivity contribution in [3.8, 4) is 17.3 Å². The lowest BCUT2D eigenvalue weighted by Gasteiger charge is -1.97. The van der Waals surface area contributed by atoms with Crippen LogP contribution in [0.15, 0.2) is 53.9 Å². The van der Waals surface area contributed by atoms with E-state index < -0.39 is 0 Å². The summed E-state index contributed by atoms with van der Waals surface area (Å²) in [6, 6.07) is 17.8. The molecule has 0 saturated heterocycles. The first-order valence-corrected chi connectivity index (χ1v) is 9.08. The highest BCUT2D eigenvalue weighted by molar-refractivity contribution is 14.1. The zero-order valence-electron chi connectivity index (χ0n) is 11.8. The van der Waals surface area contributed by atoms with Crippen molar-refractivity contribution >= 4 is 57.2 Å². The largest absolute Gasteiger partial charge is 0.235 e. The van der Waals surface area contributed by atoms with Crippen LogP contribution >= 0.6 is 45.5 Å². The van der Waals surface area contributed by atoms with E-state index in [1.807, 2.05) is 60.0 Å². The van der Waals surface area contributed by atoms with E-state index in [-0.39, 0.29) is 0 Å². The SMILES string of the molecule is N#CC(=Cc1ccc(I)cc1)c1nc(-c2ccc(Cl)cc2)cs1. The number of nitriles is 1. The third kappa shape index (κ3) is 3.99. The summed E-state index contributed by atoms with van der Waals surface area (Å²) in [5, 5.41) is 12.8. The van der Waals surface area contributed by atoms with Gasteiger partial charge in [0.15, 0.2) is 0 Å². The van der Waals surface area contributed by atoms with Gasteiger partial charge in [0, 0.05) is 19.5 Å². The number of halogens is 2. The van der Waals surface area contributed by atoms with E-state index >= 15 is 0 Å². The lowest BCUT2D eigenvalue weighted by Crippen LogP contribution is -1.83. The summed E-state index contributed by atoms with van der Waals surface area (Å²) in [4.78, 5) is 4.58. The molecule has 5 heteroatoms. The number of benzene rings is 2. The summed E-state index contributed by atoms with van der Waals surface area (Å²) in [6.07, 6.45) is 1.86. The fourth-order valence-electron chi connectivity index (χ4n) is 2.02. The van der Waals surface area contributed by atoms with E-state index in [0.29, 0.717) is 10.6 Å². The van der Waals surface area contributed by atoms with Crippen LogP contribution in [0.3, 0.4) is 0 Å². The molecule has 0 aliphatic heterocycles. The average molecular weight is 449 g/mol. The molecule has 112 valence electrons. The molecule has 0 aliphatic rings. The monoisotopic (exact) mass is 448 g/mol. The Kier molecular flexibility index (Phi) is 5.11. The van der Waals surface area contributed by atoms with Crippen LogP contribution in [-0.4, -0.2) is 4.98 Å². The van der Waals surface area contributed by atoms with Gasteiger partial charge < -0.3 is 0 Å². The molecular weight excluding hydrogens is 439 g/mol. The molecule has 2 aromatic carbocycles. The maximum atomic E-state index is 9.44. The molecule has 0 saturated carbocycles. The van der Waals surface area contributed by atoms with Crippen LogP contribution in [0.2, 0.25) is 5.02 Å². The number of rotatable bonds is 3. The van der Waals surface area contributed by atoms with Gasteiger partial charge in [-0.1, -0.05) is 35.9 Å². The van der Waals surface area contributed by atoms with Crippen molar-refractivity contribution in [3.63, 3.8) is 0 Å². The molecule has 23 heavy (non-hydrogen) atoms. The van der Waals surface area contributed by atoms with E-state index in [9.17, 15) is 5.26 Å². The van der Waals surface area contributed by atoms with Gasteiger partial charge in [0.25, 0.3) is 0 Å². The van der Waals surface area contributed by atoms with Crippen molar-refractivity contribution in [2.45, 2.75) is 0 Å². The Morgan fingerprint density at radius 3 is 2.48 bits per heavy atom. The van der Waals surface area contributed by atoms with Gasteiger partial charge in [-0.05, 0) is 58.5 Å². The van der Waals surface area contributed by atoms with Crippen molar-refractivity contribution in [1.29, 1.82) is 5.26 Å². The second-order valence-corrected chi connectivity index (χ2v) is 7.31. The van der Waals surface area contributed by atoms with Crippen molar-refractivity contribution < 1.29 is 0 Å². The minimum atomic E-state index is 0.566. The highest BCUT2D eigenvalue weighted by atomic mass is 127. The molecule has 0 fully saturated rings. The molecule has 1 heterocycles. The van der Waals surface area contributed by atoms with Crippen molar-refractivity contribution in [2.75, 3.05) is 0 Å². The first kappa shape index (κ1) is 16.2. The van der Waals surface area contributed by atoms with Crippen LogP contribution < -0.4 is 0 Å². The van der Waals surface area contributed by atoms with Gasteiger partial charge in [-0.2, -0.15) is 5.26 Å². The van der Waals surface area contributed by atoms with Crippen LogP contribution in [0.1, 0.15) is 10.6 Å². The van der Waals surface area contributed by atoms with E-state index in [4.69, 9.17) is 11.6 Å². The maximum absolute atomic E-state index is 9.44. The minimum absolute atomic E-state index is 0.566. The Labute approximate surface area is 157 Å². The van der Waals surface area contributed by atoms with Crippen LogP contribution in [0.4, 0.5) is 0 Å². The van der Waals surface area contributed by atoms with E-state index in [0.717, 1.165) is 25.4 Å². The zero-order chi connectivity index (χ0) is 16.2. The summed E-state index contributed by atoms with van der Waals surface area (Å²) in [6.45, 7) is 0. The molecule has 0 N–H and O–H groups in total. The molecule has 0 aliphatic carbocycles. The van der Waals surface area contributed by atoms with Gasteiger partial charge >= 0.3 is 0 Å². The van der Waals surface area contributed by atoms with Crippen molar-refractivity contribution in [3.05, 3.63) is 73.1 Å². The lowest BCUT2D eigenvalue weighted by atomic mass is 10.1. The number of nitrogens with zero attached hydrogens (tertiary/aromatic N) is 2. The summed E-state index contributed by atoms with van der Waals surface area (Å²) >= 11 is 9.63. The molecule has 0 amide bonds. The third-order valence-electron chi connectivity index (χ3n) is 3.18. The molecule has 3 rings (SSSR count). The van der Waals surface area contributed by atoms with Crippen molar-refractivity contribution in [1.82, 2.24) is 4.98 Å². The first-order chi connectivity index (χ1) is 11.2. The Hall–Kier alpha value is -1.68. The molecular formula is C18H10ClIN2S. The quantitative estimate of drug-likeness (QED) is 0.357. The van der Waals surface area contributed by atoms with Gasteiger partial charge in [-0.25, -0.2) is 4.98 Å². The standard InChI is InChI=1S/C18H10ClIN2S/c19-15-5-3-13(4-6-15)17-11-23-18(22-17)14(10-21)9-12-1-7-16(20)8-2-12/h1-9,11H. The number of hydrogen-bond acceptors (Lipinski definition) is 3. The van der Waals surface area contributed by atoms with E-state index in [1.54, 1.807) is 0 Å². The molecule has 0 radical (unpaired) electrons. The van der Waals surface area contributed by atoms with E-state index in [1.165, 1.54) is 11.3 Å². The van der Waals surface area contributed by atoms with Gasteiger partial charge in [-0.15, -0.1) is 11.3 Å². The van der Waals surface area contributed by atoms with Gasteiger partial charge in [0.1, 0.15) is 11.1 Å². The Balaban J connectivity index is 1.92.